The summed E-state index contributed by atoms with van der Waals surface area (Å²) in [5.74, 6) is -0.521. The van der Waals surface area contributed by atoms with Crippen LogP contribution in [0.15, 0.2) is 24.3 Å². The van der Waals surface area contributed by atoms with Crippen molar-refractivity contribution in [2.24, 2.45) is 0 Å². The molecule has 1 amide bonds. The van der Waals surface area contributed by atoms with Crippen LogP contribution in [0, 0.1) is 0 Å². The largest absolute Gasteiger partial charge is 0.324 e. The van der Waals surface area contributed by atoms with E-state index in [0.29, 0.717) is 10.7 Å². The highest BCUT2D eigenvalue weighted by Gasteiger charge is 2.09. The Labute approximate surface area is 101 Å². The zero-order valence-electron chi connectivity index (χ0n) is 7.80. The number of hydrogen-bond acceptors (Lipinski definition) is 2. The third kappa shape index (κ3) is 4.01. The van der Waals surface area contributed by atoms with Gasteiger partial charge in [-0.2, -0.15) is 0 Å². The van der Waals surface area contributed by atoms with Crippen LogP contribution in [-0.2, 0) is 9.59 Å². The van der Waals surface area contributed by atoms with Crippen LogP contribution >= 0.6 is 27.5 Å². The van der Waals surface area contributed by atoms with Crippen LogP contribution in [0.1, 0.15) is 6.42 Å². The van der Waals surface area contributed by atoms with Crippen LogP contribution in [0.5, 0.6) is 0 Å². The summed E-state index contributed by atoms with van der Waals surface area (Å²) in [5, 5.41) is 3.20. The second-order valence-electron chi connectivity index (χ2n) is 2.88. The van der Waals surface area contributed by atoms with Gasteiger partial charge in [0.2, 0.25) is 5.91 Å². The summed E-state index contributed by atoms with van der Waals surface area (Å²) in [6.45, 7) is 0. The first-order valence-corrected chi connectivity index (χ1v) is 5.75. The van der Waals surface area contributed by atoms with E-state index >= 15 is 0 Å². The van der Waals surface area contributed by atoms with Crippen LogP contribution in [-0.4, -0.2) is 17.0 Å². The van der Waals surface area contributed by atoms with Crippen molar-refractivity contribution in [2.75, 3.05) is 10.6 Å². The molecule has 0 spiro atoms. The first-order valence-electron chi connectivity index (χ1n) is 4.25. The van der Waals surface area contributed by atoms with Crippen molar-refractivity contribution in [2.45, 2.75) is 6.42 Å². The summed E-state index contributed by atoms with van der Waals surface area (Å²) in [7, 11) is 0. The van der Waals surface area contributed by atoms with E-state index in [1.807, 2.05) is 0 Å². The average molecular weight is 291 g/mol. The molecular weight excluding hydrogens is 281 g/mol. The van der Waals surface area contributed by atoms with Crippen molar-refractivity contribution in [3.8, 4) is 0 Å². The van der Waals surface area contributed by atoms with Gasteiger partial charge in [-0.25, -0.2) is 0 Å². The Bertz CT molecular complexity index is 381. The Kier molecular flexibility index (Phi) is 4.78. The minimum absolute atomic E-state index is 0.142. The van der Waals surface area contributed by atoms with Crippen molar-refractivity contribution in [3.05, 3.63) is 29.3 Å². The number of hydrogen-bond donors (Lipinski definition) is 1. The molecule has 3 nitrogen and oxygen atoms in total. The lowest BCUT2D eigenvalue weighted by Gasteiger charge is -2.05. The number of anilines is 1. The van der Waals surface area contributed by atoms with E-state index in [2.05, 4.69) is 21.2 Å². The second-order valence-corrected chi connectivity index (χ2v) is 3.85. The molecule has 1 N–H and O–H groups in total. The maximum Gasteiger partial charge on any atom is 0.231 e. The number of ketones is 1. The summed E-state index contributed by atoms with van der Waals surface area (Å²) < 4.78 is 0. The highest BCUT2D eigenvalue weighted by molar-refractivity contribution is 9.09. The minimum Gasteiger partial charge on any atom is -0.324 e. The lowest BCUT2D eigenvalue weighted by Crippen LogP contribution is -2.17. The normalized spacial score (nSPS) is 9.73. The van der Waals surface area contributed by atoms with Gasteiger partial charge >= 0.3 is 0 Å². The van der Waals surface area contributed by atoms with Gasteiger partial charge in [0, 0.05) is 0 Å². The molecule has 5 heteroatoms. The molecule has 0 radical (unpaired) electrons. The quantitative estimate of drug-likeness (QED) is 0.684. The van der Waals surface area contributed by atoms with Crippen LogP contribution in [0.3, 0.4) is 0 Å². The Hall–Kier alpha value is -0.870. The first kappa shape index (κ1) is 12.2. The van der Waals surface area contributed by atoms with Gasteiger partial charge in [0.05, 0.1) is 22.5 Å². The van der Waals surface area contributed by atoms with Crippen molar-refractivity contribution >= 4 is 44.9 Å². The van der Waals surface area contributed by atoms with E-state index in [4.69, 9.17) is 11.6 Å². The SMILES string of the molecule is O=C(CBr)CC(=O)Nc1ccccc1Cl. The highest BCUT2D eigenvalue weighted by Crippen LogP contribution is 2.20. The third-order valence-electron chi connectivity index (χ3n) is 1.65. The van der Waals surface area contributed by atoms with E-state index in [9.17, 15) is 9.59 Å². The van der Waals surface area contributed by atoms with Crippen LogP contribution in [0.25, 0.3) is 0 Å². The summed E-state index contributed by atoms with van der Waals surface area (Å²) in [5.41, 5.74) is 0.520. The topological polar surface area (TPSA) is 46.2 Å². The van der Waals surface area contributed by atoms with Crippen LogP contribution < -0.4 is 5.32 Å². The number of carbonyl (C=O) groups excluding carboxylic acids is 2. The summed E-state index contributed by atoms with van der Waals surface area (Å²) in [6.07, 6.45) is -0.142. The number of carbonyl (C=O) groups is 2. The number of benzene rings is 1. The zero-order valence-corrected chi connectivity index (χ0v) is 10.1. The second kappa shape index (κ2) is 5.88. The molecular formula is C10H9BrClNO2. The lowest BCUT2D eigenvalue weighted by atomic mass is 10.2. The van der Waals surface area contributed by atoms with Gasteiger partial charge < -0.3 is 5.32 Å². The molecule has 1 aromatic rings. The van der Waals surface area contributed by atoms with E-state index in [-0.39, 0.29) is 23.4 Å². The molecule has 1 aromatic carbocycles. The van der Waals surface area contributed by atoms with E-state index in [0.717, 1.165) is 0 Å². The Morgan fingerprint density at radius 1 is 1.33 bits per heavy atom. The average Bonchev–Trinajstić information content (AvgIpc) is 2.21. The van der Waals surface area contributed by atoms with E-state index in [1.165, 1.54) is 0 Å². The van der Waals surface area contributed by atoms with Gasteiger partial charge in [-0.3, -0.25) is 9.59 Å². The highest BCUT2D eigenvalue weighted by atomic mass is 79.9. The Morgan fingerprint density at radius 2 is 2.00 bits per heavy atom. The fourth-order valence-electron chi connectivity index (χ4n) is 0.983. The van der Waals surface area contributed by atoms with Crippen LogP contribution in [0.4, 0.5) is 5.69 Å². The molecule has 0 aliphatic heterocycles. The van der Waals surface area contributed by atoms with Crippen molar-refractivity contribution in [1.82, 2.24) is 0 Å². The summed E-state index contributed by atoms with van der Waals surface area (Å²) >= 11 is 8.82. The van der Waals surface area contributed by atoms with Crippen molar-refractivity contribution < 1.29 is 9.59 Å². The molecule has 0 aliphatic carbocycles. The number of nitrogens with one attached hydrogen (secondary N) is 1. The molecule has 0 saturated carbocycles. The Morgan fingerprint density at radius 3 is 2.60 bits per heavy atom. The first-order chi connectivity index (χ1) is 7.13. The minimum atomic E-state index is -0.354. The molecule has 80 valence electrons. The molecule has 0 atom stereocenters. The molecule has 0 saturated heterocycles. The van der Waals surface area contributed by atoms with Gasteiger partial charge in [0.1, 0.15) is 0 Å². The Balaban J connectivity index is 2.59. The van der Waals surface area contributed by atoms with Gasteiger partial charge in [-0.15, -0.1) is 0 Å². The van der Waals surface area contributed by atoms with Crippen molar-refractivity contribution in [1.29, 1.82) is 0 Å². The lowest BCUT2D eigenvalue weighted by molar-refractivity contribution is -0.123. The van der Waals surface area contributed by atoms with Gasteiger partial charge in [0.15, 0.2) is 5.78 Å². The third-order valence-corrected chi connectivity index (χ3v) is 2.61. The van der Waals surface area contributed by atoms with Gasteiger partial charge in [0.25, 0.3) is 0 Å². The molecule has 0 aliphatic rings. The number of alkyl halides is 1. The van der Waals surface area contributed by atoms with E-state index < -0.39 is 0 Å². The standard InChI is InChI=1S/C10H9BrClNO2/c11-6-7(14)5-10(15)13-9-4-2-1-3-8(9)12/h1-4H,5-6H2,(H,13,15). The predicted octanol–water partition coefficient (Wildman–Crippen LogP) is 2.63. The van der Waals surface area contributed by atoms with Gasteiger partial charge in [-0.05, 0) is 12.1 Å². The number of halogens is 2. The van der Waals surface area contributed by atoms with E-state index in [1.54, 1.807) is 24.3 Å². The molecule has 0 heterocycles. The number of para-hydroxylation sites is 1. The van der Waals surface area contributed by atoms with Crippen LogP contribution in [0.2, 0.25) is 5.02 Å². The molecule has 15 heavy (non-hydrogen) atoms. The molecule has 1 rings (SSSR count). The summed E-state index contributed by atoms with van der Waals surface area (Å²) in [4.78, 5) is 22.3. The molecule has 0 bridgehead atoms. The molecule has 0 unspecified atom stereocenters. The monoisotopic (exact) mass is 289 g/mol. The predicted molar refractivity (Wildman–Crippen MR) is 63.5 cm³/mol. The number of amides is 1. The molecule has 0 fully saturated rings. The maximum atomic E-state index is 11.3. The smallest absolute Gasteiger partial charge is 0.231 e. The van der Waals surface area contributed by atoms with Gasteiger partial charge in [-0.1, -0.05) is 39.7 Å². The fourth-order valence-corrected chi connectivity index (χ4v) is 1.36. The molecule has 0 aromatic heterocycles. The zero-order chi connectivity index (χ0) is 11.3. The number of Topliss-reactive ketones (excluding diaryl/α,β-unsaturated/α-hetero) is 1. The summed E-state index contributed by atoms with van der Waals surface area (Å²) in [6, 6.07) is 6.87. The number of rotatable bonds is 4. The maximum absolute atomic E-state index is 11.3. The fraction of sp³-hybridized carbons (Fsp3) is 0.200. The van der Waals surface area contributed by atoms with Crippen molar-refractivity contribution in [3.63, 3.8) is 0 Å².